The molecule has 100 valence electrons. The lowest BCUT2D eigenvalue weighted by atomic mass is 10.1. The molecular formula is C14H16N2O2S. The molecule has 2 rings (SSSR count). The van der Waals surface area contributed by atoms with E-state index in [-0.39, 0.29) is 5.56 Å². The first-order valence-corrected chi connectivity index (χ1v) is 7.11. The fraction of sp³-hybridized carbons (Fsp3) is 0.286. The van der Waals surface area contributed by atoms with E-state index in [4.69, 9.17) is 0 Å². The number of aryl methyl sites for hydroxylation is 1. The number of aromatic nitrogens is 1. The summed E-state index contributed by atoms with van der Waals surface area (Å²) in [7, 11) is 0. The predicted octanol–water partition coefficient (Wildman–Crippen LogP) is 3.33. The smallest absolute Gasteiger partial charge is 0.306 e. The minimum atomic E-state index is -0.410. The molecule has 0 aliphatic carbocycles. The van der Waals surface area contributed by atoms with Crippen molar-refractivity contribution in [1.82, 2.24) is 3.96 Å². The first-order valence-electron chi connectivity index (χ1n) is 6.28. The van der Waals surface area contributed by atoms with Gasteiger partial charge in [-0.3, -0.25) is 4.79 Å². The number of hydrogen-bond donors (Lipinski definition) is 1. The van der Waals surface area contributed by atoms with Crippen molar-refractivity contribution in [2.75, 3.05) is 5.32 Å². The van der Waals surface area contributed by atoms with Crippen LogP contribution >= 0.6 is 11.5 Å². The lowest BCUT2D eigenvalue weighted by molar-refractivity contribution is 0.255. The van der Waals surface area contributed by atoms with Gasteiger partial charge in [0.05, 0.1) is 0 Å². The highest BCUT2D eigenvalue weighted by Gasteiger charge is 2.08. The van der Waals surface area contributed by atoms with E-state index in [0.29, 0.717) is 0 Å². The Labute approximate surface area is 115 Å². The van der Waals surface area contributed by atoms with Crippen LogP contribution in [0.4, 0.5) is 10.5 Å². The standard InChI is InChI=1S/C14H16N2O2S/c1-2-3-5-11-6-4-7-12(10-11)15-14(18)16-13(17)8-9-19-16/h4,6-10H,2-3,5H2,1H3,(H,15,18). The molecule has 0 aliphatic rings. The normalized spacial score (nSPS) is 10.4. The van der Waals surface area contributed by atoms with Crippen molar-refractivity contribution >= 4 is 23.3 Å². The fourth-order valence-electron chi connectivity index (χ4n) is 1.78. The number of benzene rings is 1. The molecule has 0 aliphatic heterocycles. The Bertz CT molecular complexity index is 616. The van der Waals surface area contributed by atoms with Crippen LogP contribution in [0.15, 0.2) is 40.5 Å². The van der Waals surface area contributed by atoms with Gasteiger partial charge >= 0.3 is 6.03 Å². The van der Waals surface area contributed by atoms with Gasteiger partial charge in [0.2, 0.25) is 0 Å². The van der Waals surface area contributed by atoms with E-state index in [2.05, 4.69) is 12.2 Å². The average molecular weight is 276 g/mol. The molecular weight excluding hydrogens is 260 g/mol. The molecule has 5 heteroatoms. The van der Waals surface area contributed by atoms with Crippen LogP contribution in [0.2, 0.25) is 0 Å². The fourth-order valence-corrected chi connectivity index (χ4v) is 2.38. The summed E-state index contributed by atoms with van der Waals surface area (Å²) in [5.74, 6) is 0. The van der Waals surface area contributed by atoms with E-state index in [9.17, 15) is 9.59 Å². The molecule has 1 heterocycles. The maximum Gasteiger partial charge on any atom is 0.342 e. The summed E-state index contributed by atoms with van der Waals surface area (Å²) >= 11 is 1.09. The van der Waals surface area contributed by atoms with Crippen LogP contribution in [-0.4, -0.2) is 9.99 Å². The zero-order valence-corrected chi connectivity index (χ0v) is 11.6. The third-order valence-electron chi connectivity index (χ3n) is 2.76. The molecule has 2 aromatic rings. The number of anilines is 1. The number of hydrogen-bond acceptors (Lipinski definition) is 3. The van der Waals surface area contributed by atoms with Gasteiger partial charge in [-0.1, -0.05) is 37.0 Å². The first kappa shape index (κ1) is 13.5. The minimum Gasteiger partial charge on any atom is -0.306 e. The summed E-state index contributed by atoms with van der Waals surface area (Å²) in [5.41, 5.74) is 1.61. The lowest BCUT2D eigenvalue weighted by Gasteiger charge is -2.06. The zero-order chi connectivity index (χ0) is 13.7. The molecule has 0 radical (unpaired) electrons. The number of carbonyl (C=O) groups is 1. The highest BCUT2D eigenvalue weighted by molar-refractivity contribution is 7.05. The molecule has 1 N–H and O–H groups in total. The van der Waals surface area contributed by atoms with Crippen LogP contribution in [0, 0.1) is 0 Å². The quantitative estimate of drug-likeness (QED) is 0.931. The van der Waals surface area contributed by atoms with Gasteiger partial charge < -0.3 is 5.32 Å². The molecule has 0 atom stereocenters. The van der Waals surface area contributed by atoms with Crippen LogP contribution in [-0.2, 0) is 6.42 Å². The van der Waals surface area contributed by atoms with Gasteiger partial charge in [0.15, 0.2) is 0 Å². The summed E-state index contributed by atoms with van der Waals surface area (Å²) in [5, 5.41) is 4.33. The largest absolute Gasteiger partial charge is 0.342 e. The van der Waals surface area contributed by atoms with Gasteiger partial charge in [0.1, 0.15) is 0 Å². The van der Waals surface area contributed by atoms with E-state index in [1.165, 1.54) is 11.6 Å². The van der Waals surface area contributed by atoms with Gasteiger partial charge in [0.25, 0.3) is 5.56 Å². The van der Waals surface area contributed by atoms with Crippen molar-refractivity contribution in [2.45, 2.75) is 26.2 Å². The summed E-state index contributed by atoms with van der Waals surface area (Å²) in [6, 6.07) is 8.70. The lowest BCUT2D eigenvalue weighted by Crippen LogP contribution is -2.26. The summed E-state index contributed by atoms with van der Waals surface area (Å²) in [4.78, 5) is 23.3. The average Bonchev–Trinajstić information content (AvgIpc) is 2.83. The molecule has 0 spiro atoms. The third kappa shape index (κ3) is 3.54. The van der Waals surface area contributed by atoms with Gasteiger partial charge in [-0.25, -0.2) is 4.79 Å². The number of amides is 1. The van der Waals surface area contributed by atoms with Crippen molar-refractivity contribution in [3.8, 4) is 0 Å². The summed E-state index contributed by atoms with van der Waals surface area (Å²) in [6.45, 7) is 2.15. The van der Waals surface area contributed by atoms with Gasteiger partial charge in [-0.05, 0) is 30.5 Å². The molecule has 0 saturated carbocycles. The molecule has 4 nitrogen and oxygen atoms in total. The zero-order valence-electron chi connectivity index (χ0n) is 10.8. The number of unbranched alkanes of at least 4 members (excludes halogenated alkanes) is 1. The molecule has 19 heavy (non-hydrogen) atoms. The maximum atomic E-state index is 11.9. The second kappa shape index (κ2) is 6.33. The van der Waals surface area contributed by atoms with E-state index >= 15 is 0 Å². The SMILES string of the molecule is CCCCc1cccc(NC(=O)n2sccc2=O)c1. The van der Waals surface area contributed by atoms with Crippen molar-refractivity contribution in [3.05, 3.63) is 51.6 Å². The number of carbonyl (C=O) groups excluding carboxylic acids is 1. The van der Waals surface area contributed by atoms with Crippen LogP contribution in [0.1, 0.15) is 25.3 Å². The van der Waals surface area contributed by atoms with Crippen molar-refractivity contribution in [1.29, 1.82) is 0 Å². The Balaban J connectivity index is 2.09. The Morgan fingerprint density at radius 3 is 2.89 bits per heavy atom. The van der Waals surface area contributed by atoms with Crippen molar-refractivity contribution in [3.63, 3.8) is 0 Å². The molecule has 0 bridgehead atoms. The Morgan fingerprint density at radius 1 is 1.37 bits per heavy atom. The number of nitrogens with zero attached hydrogens (tertiary/aromatic N) is 1. The van der Waals surface area contributed by atoms with Gasteiger partial charge in [-0.15, -0.1) is 0 Å². The Kier molecular flexibility index (Phi) is 4.52. The Hall–Kier alpha value is -1.88. The third-order valence-corrected chi connectivity index (χ3v) is 3.57. The molecule has 0 fully saturated rings. The molecule has 0 saturated heterocycles. The second-order valence-electron chi connectivity index (χ2n) is 4.27. The van der Waals surface area contributed by atoms with Gasteiger partial charge in [0, 0.05) is 17.1 Å². The Morgan fingerprint density at radius 2 is 2.21 bits per heavy atom. The molecule has 1 aromatic carbocycles. The van der Waals surface area contributed by atoms with Crippen molar-refractivity contribution in [2.24, 2.45) is 0 Å². The van der Waals surface area contributed by atoms with Crippen LogP contribution in [0.25, 0.3) is 0 Å². The minimum absolute atomic E-state index is 0.301. The van der Waals surface area contributed by atoms with E-state index < -0.39 is 6.03 Å². The monoisotopic (exact) mass is 276 g/mol. The number of rotatable bonds is 4. The molecule has 0 unspecified atom stereocenters. The highest BCUT2D eigenvalue weighted by atomic mass is 32.1. The van der Waals surface area contributed by atoms with Gasteiger partial charge in [-0.2, -0.15) is 3.96 Å². The molecule has 1 aromatic heterocycles. The van der Waals surface area contributed by atoms with E-state index in [1.54, 1.807) is 5.38 Å². The maximum absolute atomic E-state index is 11.9. The van der Waals surface area contributed by atoms with E-state index in [0.717, 1.165) is 40.4 Å². The van der Waals surface area contributed by atoms with E-state index in [1.807, 2.05) is 24.3 Å². The summed E-state index contributed by atoms with van der Waals surface area (Å²) < 4.78 is 1.10. The first-order chi connectivity index (χ1) is 9.20. The van der Waals surface area contributed by atoms with Crippen LogP contribution < -0.4 is 10.9 Å². The summed E-state index contributed by atoms with van der Waals surface area (Å²) in [6.07, 6.45) is 3.27. The topological polar surface area (TPSA) is 51.1 Å². The van der Waals surface area contributed by atoms with Crippen LogP contribution in [0.5, 0.6) is 0 Å². The highest BCUT2D eigenvalue weighted by Crippen LogP contribution is 2.13. The number of nitrogens with one attached hydrogen (secondary N) is 1. The molecule has 1 amide bonds. The predicted molar refractivity (Wildman–Crippen MR) is 78.0 cm³/mol. The van der Waals surface area contributed by atoms with Crippen molar-refractivity contribution < 1.29 is 4.79 Å². The van der Waals surface area contributed by atoms with Crippen LogP contribution in [0.3, 0.4) is 0 Å². The second-order valence-corrected chi connectivity index (χ2v) is 5.12.